The van der Waals surface area contributed by atoms with Crippen LogP contribution in [0.2, 0.25) is 0 Å². The van der Waals surface area contributed by atoms with Crippen molar-refractivity contribution in [2.24, 2.45) is 0 Å². The minimum absolute atomic E-state index is 0.322. The lowest BCUT2D eigenvalue weighted by Gasteiger charge is -2.05. The lowest BCUT2D eigenvalue weighted by molar-refractivity contribution is 0.102. The molecule has 2 rings (SSSR count). The van der Waals surface area contributed by atoms with E-state index in [1.54, 1.807) is 48.8 Å². The van der Waals surface area contributed by atoms with E-state index >= 15 is 0 Å². The predicted octanol–water partition coefficient (Wildman–Crippen LogP) is 2.31. The topological polar surface area (TPSA) is 70.0 Å². The highest BCUT2D eigenvalue weighted by Crippen LogP contribution is 2.14. The van der Waals surface area contributed by atoms with Crippen molar-refractivity contribution in [3.05, 3.63) is 59.7 Å². The second-order valence-corrected chi connectivity index (χ2v) is 3.72. The van der Waals surface area contributed by atoms with Crippen molar-refractivity contribution in [1.29, 1.82) is 0 Å². The van der Waals surface area contributed by atoms with E-state index in [0.29, 0.717) is 22.5 Å². The minimum atomic E-state index is -0.322. The van der Waals surface area contributed by atoms with Crippen molar-refractivity contribution in [3.63, 3.8) is 0 Å². The van der Waals surface area contributed by atoms with Gasteiger partial charge in [-0.05, 0) is 30.3 Å². The van der Waals surface area contributed by atoms with Crippen molar-refractivity contribution < 1.29 is 9.59 Å². The summed E-state index contributed by atoms with van der Waals surface area (Å²) < 4.78 is 0. The van der Waals surface area contributed by atoms with Gasteiger partial charge in [-0.15, -0.1) is 0 Å². The lowest BCUT2D eigenvalue weighted by Crippen LogP contribution is -2.12. The van der Waals surface area contributed by atoms with E-state index in [2.05, 4.69) is 5.32 Å². The molecule has 0 unspecified atom stereocenters. The average molecular weight is 238 g/mol. The van der Waals surface area contributed by atoms with E-state index in [9.17, 15) is 9.59 Å². The molecule has 0 spiro atoms. The van der Waals surface area contributed by atoms with E-state index in [0.717, 1.165) is 0 Å². The summed E-state index contributed by atoms with van der Waals surface area (Å²) in [5, 5.41) is 2.66. The molecule has 88 valence electrons. The first-order chi connectivity index (χ1) is 8.69. The Morgan fingerprint density at radius 2 is 1.89 bits per heavy atom. The molecule has 0 aromatic heterocycles. The van der Waals surface area contributed by atoms with Gasteiger partial charge in [0, 0.05) is 16.8 Å². The number of hydrogen-bond donors (Lipinski definition) is 1. The van der Waals surface area contributed by atoms with Crippen LogP contribution in [0.15, 0.2) is 48.5 Å². The van der Waals surface area contributed by atoms with Gasteiger partial charge in [-0.25, -0.2) is 0 Å². The van der Waals surface area contributed by atoms with Gasteiger partial charge in [-0.1, -0.05) is 18.2 Å². The maximum absolute atomic E-state index is 11.9. The summed E-state index contributed by atoms with van der Waals surface area (Å²) in [6, 6.07) is 12.8. The Morgan fingerprint density at radius 3 is 2.61 bits per heavy atom. The van der Waals surface area contributed by atoms with E-state index in [4.69, 9.17) is 5.73 Å². The highest BCUT2D eigenvalue weighted by Gasteiger charge is 2.06. The van der Waals surface area contributed by atoms with Crippen molar-refractivity contribution in [3.8, 4) is 0 Å². The summed E-state index contributed by atoms with van der Waals surface area (Å²) in [5.74, 6) is -0.322. The number of anilines is 1. The zero-order valence-electron chi connectivity index (χ0n) is 9.44. The molecule has 2 N–H and O–H groups in total. The summed E-state index contributed by atoms with van der Waals surface area (Å²) in [4.78, 5) is 22.4. The summed E-state index contributed by atoms with van der Waals surface area (Å²) in [7, 11) is 0. The Bertz CT molecular complexity index is 594. The molecule has 1 amide bonds. The summed E-state index contributed by atoms with van der Waals surface area (Å²) >= 11 is 0. The van der Waals surface area contributed by atoms with Crippen molar-refractivity contribution in [2.75, 3.05) is 5.32 Å². The van der Waals surface area contributed by atoms with Gasteiger partial charge in [0.15, 0.2) is 0 Å². The van der Waals surface area contributed by atoms with Gasteiger partial charge in [-0.3, -0.25) is 9.59 Å². The fraction of sp³-hybridized carbons (Fsp3) is 0. The fourth-order valence-corrected chi connectivity index (χ4v) is 1.52. The predicted molar refractivity (Wildman–Crippen MR) is 68.4 cm³/mol. The van der Waals surface area contributed by atoms with Gasteiger partial charge in [0.05, 0.1) is 5.69 Å². The largest absolute Gasteiger partial charge is 0.322 e. The second kappa shape index (κ2) is 5.14. The van der Waals surface area contributed by atoms with Gasteiger partial charge in [0.25, 0.3) is 5.91 Å². The number of carbonyl (C=O) groups is 1. The third-order valence-electron chi connectivity index (χ3n) is 2.36. The highest BCUT2D eigenvalue weighted by atomic mass is 16.1. The third kappa shape index (κ3) is 2.74. The number of hydrogen-bond acceptors (Lipinski definition) is 2. The molecule has 4 heteroatoms. The molecule has 0 aliphatic carbocycles. The number of amides is 1. The normalized spacial score (nSPS) is 9.78. The molecule has 2 aromatic carbocycles. The molecule has 0 heterocycles. The van der Waals surface area contributed by atoms with Gasteiger partial charge in [0.2, 0.25) is 6.29 Å². The Labute approximate surface area is 104 Å². The molecule has 0 atom stereocenters. The van der Waals surface area contributed by atoms with Gasteiger partial charge >= 0.3 is 0 Å². The second-order valence-electron chi connectivity index (χ2n) is 3.72. The summed E-state index contributed by atoms with van der Waals surface area (Å²) in [6.07, 6.45) is 1.74. The van der Waals surface area contributed by atoms with Gasteiger partial charge in [-0.2, -0.15) is 0 Å². The Morgan fingerprint density at radius 1 is 1.11 bits per heavy atom. The molecule has 0 aliphatic heterocycles. The zero-order valence-corrected chi connectivity index (χ0v) is 9.44. The monoisotopic (exact) mass is 238 g/mol. The quantitative estimate of drug-likeness (QED) is 0.891. The first-order valence-corrected chi connectivity index (χ1v) is 5.30. The van der Waals surface area contributed by atoms with Crippen LogP contribution in [0.25, 0.3) is 0 Å². The number of nitrogens with one attached hydrogen (secondary N) is 2. The zero-order chi connectivity index (χ0) is 13.0. The average Bonchev–Trinajstić information content (AvgIpc) is 2.39. The molecule has 2 aromatic rings. The van der Waals surface area contributed by atoms with Gasteiger partial charge < -0.3 is 11.1 Å². The van der Waals surface area contributed by atoms with E-state index in [1.165, 1.54) is 6.07 Å². The van der Waals surface area contributed by atoms with Crippen molar-refractivity contribution in [1.82, 2.24) is 5.73 Å². The molecular formula is C14H10N2O2. The van der Waals surface area contributed by atoms with E-state index in [-0.39, 0.29) is 5.91 Å². The standard InChI is InChI=1S/C14H10N2O2/c15-12-5-2-6-13(8-12)16-14(18)11-4-1-3-10(7-11)9-17/h1-8,15H,(H,16,18). The van der Waals surface area contributed by atoms with E-state index < -0.39 is 0 Å². The molecule has 0 aliphatic rings. The van der Waals surface area contributed by atoms with Crippen LogP contribution in [0.4, 0.5) is 11.4 Å². The Kier molecular flexibility index (Phi) is 3.38. The molecule has 4 nitrogen and oxygen atoms in total. The summed E-state index contributed by atoms with van der Waals surface area (Å²) in [6.45, 7) is 0. The number of benzene rings is 2. The lowest BCUT2D eigenvalue weighted by atomic mass is 10.1. The highest BCUT2D eigenvalue weighted by molar-refractivity contribution is 6.05. The molecule has 0 fully saturated rings. The number of carbonyl (C=O) groups excluding carboxylic acids is 2. The molecule has 0 bridgehead atoms. The van der Waals surface area contributed by atoms with Crippen LogP contribution in [0, 0.1) is 0 Å². The maximum atomic E-state index is 11.9. The number of rotatable bonds is 3. The maximum Gasteiger partial charge on any atom is 0.255 e. The van der Waals surface area contributed by atoms with Crippen LogP contribution in [-0.2, 0) is 4.79 Å². The van der Waals surface area contributed by atoms with Crippen molar-refractivity contribution >= 4 is 23.6 Å². The van der Waals surface area contributed by atoms with Crippen LogP contribution in [0.1, 0.15) is 15.9 Å². The molecule has 0 saturated heterocycles. The van der Waals surface area contributed by atoms with Gasteiger partial charge in [0.1, 0.15) is 0 Å². The van der Waals surface area contributed by atoms with Crippen LogP contribution in [0.3, 0.4) is 0 Å². The SMILES string of the molecule is [NH]c1cccc(NC(=O)c2cccc([C]=O)c2)c1. The first-order valence-electron chi connectivity index (χ1n) is 5.30. The molecule has 18 heavy (non-hydrogen) atoms. The summed E-state index contributed by atoms with van der Waals surface area (Å²) in [5.41, 5.74) is 9.03. The third-order valence-corrected chi connectivity index (χ3v) is 2.36. The van der Waals surface area contributed by atoms with Crippen LogP contribution in [-0.4, -0.2) is 12.2 Å². The molecule has 2 radical (unpaired) electrons. The van der Waals surface area contributed by atoms with E-state index in [1.807, 2.05) is 0 Å². The van der Waals surface area contributed by atoms with Crippen molar-refractivity contribution in [2.45, 2.75) is 0 Å². The Hall–Kier alpha value is -2.62. The first kappa shape index (κ1) is 11.9. The molecular weight excluding hydrogens is 228 g/mol. The fourth-order valence-electron chi connectivity index (χ4n) is 1.52. The van der Waals surface area contributed by atoms with Crippen LogP contribution in [0.5, 0.6) is 0 Å². The van der Waals surface area contributed by atoms with Crippen LogP contribution >= 0.6 is 0 Å². The Balaban J connectivity index is 2.19. The smallest absolute Gasteiger partial charge is 0.255 e. The molecule has 0 saturated carbocycles. The minimum Gasteiger partial charge on any atom is -0.322 e. The van der Waals surface area contributed by atoms with Crippen LogP contribution < -0.4 is 11.1 Å².